The molecular weight excluding hydrogens is 306 g/mol. The second-order valence-corrected chi connectivity index (χ2v) is 5.63. The molecule has 1 saturated heterocycles. The van der Waals surface area contributed by atoms with E-state index in [4.69, 9.17) is 4.74 Å². The fraction of sp³-hybridized carbons (Fsp3) is 0.278. The van der Waals surface area contributed by atoms with Gasteiger partial charge in [-0.25, -0.2) is 9.78 Å². The van der Waals surface area contributed by atoms with Crippen molar-refractivity contribution in [3.63, 3.8) is 0 Å². The Morgan fingerprint density at radius 3 is 2.62 bits per heavy atom. The van der Waals surface area contributed by atoms with E-state index in [1.54, 1.807) is 30.5 Å². The van der Waals surface area contributed by atoms with Gasteiger partial charge in [0.25, 0.3) is 5.91 Å². The number of amides is 1. The van der Waals surface area contributed by atoms with E-state index in [-0.39, 0.29) is 17.5 Å². The molecule has 2 aromatic rings. The van der Waals surface area contributed by atoms with Gasteiger partial charge in [-0.05, 0) is 30.7 Å². The summed E-state index contributed by atoms with van der Waals surface area (Å²) >= 11 is 0. The minimum absolute atomic E-state index is 0.0187. The molecular formula is C18H19N3O3. The lowest BCUT2D eigenvalue weighted by Gasteiger charge is -2.18. The number of carbonyl (C=O) groups excluding carboxylic acids is 2. The normalized spacial score (nSPS) is 16.7. The molecule has 1 atom stereocenters. The van der Waals surface area contributed by atoms with Crippen LogP contribution in [-0.4, -0.2) is 43.1 Å². The summed E-state index contributed by atoms with van der Waals surface area (Å²) in [5.74, 6) is 0.135. The predicted molar refractivity (Wildman–Crippen MR) is 90.1 cm³/mol. The quantitative estimate of drug-likeness (QED) is 0.869. The number of pyridine rings is 1. The summed E-state index contributed by atoms with van der Waals surface area (Å²) in [5, 5.41) is 3.00. The molecule has 1 aliphatic rings. The van der Waals surface area contributed by atoms with Crippen LogP contribution in [-0.2, 0) is 4.74 Å². The van der Waals surface area contributed by atoms with E-state index in [9.17, 15) is 9.59 Å². The number of nitrogens with zero attached hydrogens (tertiary/aromatic N) is 2. The summed E-state index contributed by atoms with van der Waals surface area (Å²) in [5.41, 5.74) is 0.609. The van der Waals surface area contributed by atoms with Crippen LogP contribution in [0.25, 0.3) is 0 Å². The van der Waals surface area contributed by atoms with Gasteiger partial charge in [0, 0.05) is 25.3 Å². The second-order valence-electron chi connectivity index (χ2n) is 5.63. The minimum atomic E-state index is -0.512. The molecule has 2 heterocycles. The molecule has 3 rings (SSSR count). The molecule has 1 aromatic carbocycles. The van der Waals surface area contributed by atoms with Crippen LogP contribution in [0.1, 0.15) is 27.1 Å². The van der Waals surface area contributed by atoms with Crippen molar-refractivity contribution in [3.8, 4) is 0 Å². The summed E-state index contributed by atoms with van der Waals surface area (Å²) < 4.78 is 4.74. The fourth-order valence-electron chi connectivity index (χ4n) is 2.86. The number of benzene rings is 1. The molecule has 0 spiro atoms. The van der Waals surface area contributed by atoms with Crippen LogP contribution in [0.3, 0.4) is 0 Å². The van der Waals surface area contributed by atoms with Gasteiger partial charge in [-0.3, -0.25) is 4.79 Å². The number of carbonyl (C=O) groups is 2. The number of hydrogen-bond donors (Lipinski definition) is 1. The zero-order valence-corrected chi connectivity index (χ0v) is 13.4. The van der Waals surface area contributed by atoms with Crippen LogP contribution in [0.5, 0.6) is 0 Å². The molecule has 0 radical (unpaired) electrons. The smallest absolute Gasteiger partial charge is 0.338 e. The number of ether oxygens (including phenoxy) is 1. The van der Waals surface area contributed by atoms with Crippen molar-refractivity contribution in [2.45, 2.75) is 12.5 Å². The number of anilines is 1. The summed E-state index contributed by atoms with van der Waals surface area (Å²) in [6, 6.07) is 12.5. The van der Waals surface area contributed by atoms with Crippen LogP contribution in [0, 0.1) is 0 Å². The van der Waals surface area contributed by atoms with Gasteiger partial charge in [-0.1, -0.05) is 18.2 Å². The third-order valence-electron chi connectivity index (χ3n) is 4.07. The van der Waals surface area contributed by atoms with Crippen LogP contribution < -0.4 is 10.2 Å². The average molecular weight is 325 g/mol. The topological polar surface area (TPSA) is 71.5 Å². The minimum Gasteiger partial charge on any atom is -0.465 e. The van der Waals surface area contributed by atoms with Gasteiger partial charge in [-0.15, -0.1) is 0 Å². The van der Waals surface area contributed by atoms with Crippen molar-refractivity contribution in [2.75, 3.05) is 25.1 Å². The highest BCUT2D eigenvalue weighted by molar-refractivity contribution is 6.05. The van der Waals surface area contributed by atoms with Gasteiger partial charge in [0.2, 0.25) is 0 Å². The molecule has 0 saturated carbocycles. The van der Waals surface area contributed by atoms with E-state index in [1.807, 2.05) is 18.2 Å². The van der Waals surface area contributed by atoms with Gasteiger partial charge in [-0.2, -0.15) is 0 Å². The van der Waals surface area contributed by atoms with Crippen LogP contribution in [0.4, 0.5) is 5.82 Å². The number of aromatic nitrogens is 1. The van der Waals surface area contributed by atoms with Gasteiger partial charge in [0.1, 0.15) is 5.82 Å². The zero-order valence-electron chi connectivity index (χ0n) is 13.4. The largest absolute Gasteiger partial charge is 0.465 e. The number of nitrogens with one attached hydrogen (secondary N) is 1. The molecule has 124 valence electrons. The molecule has 1 N–H and O–H groups in total. The Morgan fingerprint density at radius 2 is 1.92 bits per heavy atom. The van der Waals surface area contributed by atoms with E-state index in [2.05, 4.69) is 15.2 Å². The maximum atomic E-state index is 12.5. The summed E-state index contributed by atoms with van der Waals surface area (Å²) in [4.78, 5) is 30.8. The van der Waals surface area contributed by atoms with Gasteiger partial charge in [0.05, 0.1) is 18.2 Å². The molecule has 1 unspecified atom stereocenters. The average Bonchev–Trinajstić information content (AvgIpc) is 3.10. The maximum Gasteiger partial charge on any atom is 0.338 e. The molecule has 0 bridgehead atoms. The van der Waals surface area contributed by atoms with Crippen molar-refractivity contribution >= 4 is 17.7 Å². The molecule has 1 aliphatic heterocycles. The van der Waals surface area contributed by atoms with E-state index >= 15 is 0 Å². The molecule has 1 aromatic heterocycles. The molecule has 6 heteroatoms. The standard InChI is InChI=1S/C18H19N3O3/c1-24-18(23)15-7-3-2-6-14(15)17(22)20-13-9-11-21(12-13)16-8-4-5-10-19-16/h2-8,10,13H,9,11-12H2,1H3,(H,20,22). The molecule has 1 fully saturated rings. The Balaban J connectivity index is 1.67. The first-order valence-corrected chi connectivity index (χ1v) is 7.83. The lowest BCUT2D eigenvalue weighted by Crippen LogP contribution is -2.37. The maximum absolute atomic E-state index is 12.5. The molecule has 24 heavy (non-hydrogen) atoms. The van der Waals surface area contributed by atoms with Crippen molar-refractivity contribution in [2.24, 2.45) is 0 Å². The van der Waals surface area contributed by atoms with E-state index in [0.29, 0.717) is 12.1 Å². The van der Waals surface area contributed by atoms with Gasteiger partial charge < -0.3 is 15.0 Å². The number of esters is 1. The predicted octanol–water partition coefficient (Wildman–Crippen LogP) is 1.88. The van der Waals surface area contributed by atoms with E-state index in [0.717, 1.165) is 18.8 Å². The monoisotopic (exact) mass is 325 g/mol. The third-order valence-corrected chi connectivity index (χ3v) is 4.07. The van der Waals surface area contributed by atoms with Gasteiger partial charge >= 0.3 is 5.97 Å². The second kappa shape index (κ2) is 7.12. The summed E-state index contributed by atoms with van der Waals surface area (Å²) in [6.07, 6.45) is 2.59. The van der Waals surface area contributed by atoms with E-state index in [1.165, 1.54) is 7.11 Å². The third kappa shape index (κ3) is 3.37. The highest BCUT2D eigenvalue weighted by Crippen LogP contribution is 2.18. The van der Waals surface area contributed by atoms with Crippen LogP contribution in [0.2, 0.25) is 0 Å². The molecule has 6 nitrogen and oxygen atoms in total. The Morgan fingerprint density at radius 1 is 1.17 bits per heavy atom. The fourth-order valence-corrected chi connectivity index (χ4v) is 2.86. The van der Waals surface area contributed by atoms with Crippen LogP contribution in [0.15, 0.2) is 48.7 Å². The SMILES string of the molecule is COC(=O)c1ccccc1C(=O)NC1CCN(c2ccccn2)C1. The lowest BCUT2D eigenvalue weighted by molar-refractivity contribution is 0.0596. The van der Waals surface area contributed by atoms with Gasteiger partial charge in [0.15, 0.2) is 0 Å². The first-order valence-electron chi connectivity index (χ1n) is 7.83. The number of hydrogen-bond acceptors (Lipinski definition) is 5. The lowest BCUT2D eigenvalue weighted by atomic mass is 10.1. The molecule has 0 aliphatic carbocycles. The first-order chi connectivity index (χ1) is 11.7. The number of methoxy groups -OCH3 is 1. The Kier molecular flexibility index (Phi) is 4.74. The Bertz CT molecular complexity index is 733. The number of rotatable bonds is 4. The van der Waals surface area contributed by atoms with Crippen LogP contribution >= 0.6 is 0 Å². The zero-order chi connectivity index (χ0) is 16.9. The first kappa shape index (κ1) is 16.0. The van der Waals surface area contributed by atoms with Crippen molar-refractivity contribution < 1.29 is 14.3 Å². The van der Waals surface area contributed by atoms with Crippen molar-refractivity contribution in [1.82, 2.24) is 10.3 Å². The Hall–Kier alpha value is -2.89. The molecule has 1 amide bonds. The summed E-state index contributed by atoms with van der Waals surface area (Å²) in [7, 11) is 1.30. The van der Waals surface area contributed by atoms with Crippen molar-refractivity contribution in [3.05, 3.63) is 59.8 Å². The summed E-state index contributed by atoms with van der Waals surface area (Å²) in [6.45, 7) is 1.53. The van der Waals surface area contributed by atoms with E-state index < -0.39 is 5.97 Å². The van der Waals surface area contributed by atoms with Crippen molar-refractivity contribution in [1.29, 1.82) is 0 Å². The highest BCUT2D eigenvalue weighted by Gasteiger charge is 2.26. The highest BCUT2D eigenvalue weighted by atomic mass is 16.5. The Labute approximate surface area is 140 Å².